The lowest BCUT2D eigenvalue weighted by molar-refractivity contribution is -0.111. The van der Waals surface area contributed by atoms with Gasteiger partial charge < -0.3 is 14.5 Å². The van der Waals surface area contributed by atoms with Crippen molar-refractivity contribution >= 4 is 34.3 Å². The van der Waals surface area contributed by atoms with E-state index in [9.17, 15) is 9.59 Å². The summed E-state index contributed by atoms with van der Waals surface area (Å²) in [6, 6.07) is 3.52. The maximum Gasteiger partial charge on any atom is 0.341 e. The van der Waals surface area contributed by atoms with Crippen LogP contribution in [0.25, 0.3) is 6.08 Å². The van der Waals surface area contributed by atoms with Gasteiger partial charge in [-0.15, -0.1) is 11.3 Å². The van der Waals surface area contributed by atoms with E-state index < -0.39 is 5.97 Å². The Labute approximate surface area is 163 Å². The summed E-state index contributed by atoms with van der Waals surface area (Å²) in [6.07, 6.45) is 7.32. The molecule has 2 heterocycles. The van der Waals surface area contributed by atoms with E-state index in [4.69, 9.17) is 9.15 Å². The van der Waals surface area contributed by atoms with Crippen molar-refractivity contribution in [2.45, 2.75) is 40.0 Å². The Morgan fingerprint density at radius 3 is 2.78 bits per heavy atom. The second-order valence-corrected chi connectivity index (χ2v) is 8.95. The zero-order valence-electron chi connectivity index (χ0n) is 16.1. The molecule has 0 aliphatic heterocycles. The normalized spacial score (nSPS) is 17.0. The van der Waals surface area contributed by atoms with Gasteiger partial charge in [0.1, 0.15) is 10.8 Å². The third kappa shape index (κ3) is 4.33. The Kier molecular flexibility index (Phi) is 5.56. The van der Waals surface area contributed by atoms with E-state index in [2.05, 4.69) is 26.1 Å². The Bertz CT molecular complexity index is 856. The lowest BCUT2D eigenvalue weighted by Crippen LogP contribution is -2.26. The molecule has 0 aromatic carbocycles. The van der Waals surface area contributed by atoms with Gasteiger partial charge in [0.25, 0.3) is 0 Å². The van der Waals surface area contributed by atoms with Crippen LogP contribution in [0, 0.1) is 11.3 Å². The Morgan fingerprint density at radius 2 is 2.15 bits per heavy atom. The van der Waals surface area contributed by atoms with E-state index in [1.54, 1.807) is 24.5 Å². The SMILES string of the molecule is COC(=O)c1c(NC(=O)C=Cc2ccco2)sc2c1CCC(C(C)(C)C)C2. The van der Waals surface area contributed by atoms with Crippen molar-refractivity contribution in [2.24, 2.45) is 11.3 Å². The molecule has 1 unspecified atom stereocenters. The van der Waals surface area contributed by atoms with Gasteiger partial charge in [-0.25, -0.2) is 4.79 Å². The minimum Gasteiger partial charge on any atom is -0.465 e. The van der Waals surface area contributed by atoms with Gasteiger partial charge in [-0.3, -0.25) is 4.79 Å². The van der Waals surface area contributed by atoms with Crippen LogP contribution in [0.5, 0.6) is 0 Å². The number of hydrogen-bond donors (Lipinski definition) is 1. The van der Waals surface area contributed by atoms with Gasteiger partial charge in [0, 0.05) is 11.0 Å². The van der Waals surface area contributed by atoms with Gasteiger partial charge in [-0.1, -0.05) is 20.8 Å². The number of anilines is 1. The highest BCUT2D eigenvalue weighted by molar-refractivity contribution is 7.17. The van der Waals surface area contributed by atoms with Crippen LogP contribution in [0.4, 0.5) is 5.00 Å². The van der Waals surface area contributed by atoms with Crippen LogP contribution in [-0.4, -0.2) is 19.0 Å². The molecule has 3 rings (SSSR count). The summed E-state index contributed by atoms with van der Waals surface area (Å²) in [5, 5.41) is 3.41. The van der Waals surface area contributed by atoms with Crippen molar-refractivity contribution in [1.82, 2.24) is 0 Å². The number of methoxy groups -OCH3 is 1. The summed E-state index contributed by atoms with van der Waals surface area (Å²) < 4.78 is 10.2. The lowest BCUT2D eigenvalue weighted by Gasteiger charge is -2.33. The number of furan rings is 1. The minimum absolute atomic E-state index is 0.211. The first kappa shape index (κ1) is 19.4. The molecule has 0 bridgehead atoms. The van der Waals surface area contributed by atoms with Crippen LogP contribution in [0.15, 0.2) is 28.9 Å². The number of carbonyl (C=O) groups excluding carboxylic acids is 2. The van der Waals surface area contributed by atoms with Crippen molar-refractivity contribution in [2.75, 3.05) is 12.4 Å². The summed E-state index contributed by atoms with van der Waals surface area (Å²) in [5.74, 6) is 0.447. The maximum atomic E-state index is 12.4. The average molecular weight is 388 g/mol. The van der Waals surface area contributed by atoms with Crippen molar-refractivity contribution in [3.8, 4) is 0 Å². The molecule has 1 aliphatic carbocycles. The van der Waals surface area contributed by atoms with Gasteiger partial charge >= 0.3 is 5.97 Å². The number of carbonyl (C=O) groups is 2. The molecule has 0 saturated heterocycles. The van der Waals surface area contributed by atoms with Crippen LogP contribution in [-0.2, 0) is 22.4 Å². The molecule has 2 aromatic heterocycles. The fourth-order valence-electron chi connectivity index (χ4n) is 3.43. The van der Waals surface area contributed by atoms with E-state index in [-0.39, 0.29) is 11.3 Å². The molecule has 2 aromatic rings. The van der Waals surface area contributed by atoms with Gasteiger partial charge in [0.05, 0.1) is 18.9 Å². The third-order valence-electron chi connectivity index (χ3n) is 5.06. The third-order valence-corrected chi connectivity index (χ3v) is 6.23. The summed E-state index contributed by atoms with van der Waals surface area (Å²) in [4.78, 5) is 25.9. The second-order valence-electron chi connectivity index (χ2n) is 7.84. The molecular weight excluding hydrogens is 362 g/mol. The van der Waals surface area contributed by atoms with E-state index in [1.165, 1.54) is 29.4 Å². The first-order chi connectivity index (χ1) is 12.8. The summed E-state index contributed by atoms with van der Waals surface area (Å²) >= 11 is 1.49. The quantitative estimate of drug-likeness (QED) is 0.596. The largest absolute Gasteiger partial charge is 0.465 e. The minimum atomic E-state index is -0.396. The number of amides is 1. The van der Waals surface area contributed by atoms with Crippen molar-refractivity contribution < 1.29 is 18.7 Å². The predicted molar refractivity (Wildman–Crippen MR) is 107 cm³/mol. The summed E-state index contributed by atoms with van der Waals surface area (Å²) in [5.41, 5.74) is 1.74. The first-order valence-electron chi connectivity index (χ1n) is 9.05. The molecule has 27 heavy (non-hydrogen) atoms. The molecule has 0 spiro atoms. The predicted octanol–water partition coefficient (Wildman–Crippen LogP) is 4.93. The molecular formula is C21H25NO4S. The van der Waals surface area contributed by atoms with E-state index in [1.807, 2.05) is 0 Å². The molecule has 0 fully saturated rings. The molecule has 1 amide bonds. The van der Waals surface area contributed by atoms with E-state index in [0.717, 1.165) is 24.8 Å². The number of thiophene rings is 1. The second kappa shape index (κ2) is 7.72. The lowest BCUT2D eigenvalue weighted by atomic mass is 9.72. The highest BCUT2D eigenvalue weighted by atomic mass is 32.1. The van der Waals surface area contributed by atoms with Crippen LogP contribution in [0.2, 0.25) is 0 Å². The van der Waals surface area contributed by atoms with Crippen LogP contribution < -0.4 is 5.32 Å². The maximum absolute atomic E-state index is 12.4. The number of hydrogen-bond acceptors (Lipinski definition) is 5. The van der Waals surface area contributed by atoms with Crippen LogP contribution in [0.1, 0.15) is 53.8 Å². The molecule has 144 valence electrons. The first-order valence-corrected chi connectivity index (χ1v) is 9.86. The zero-order chi connectivity index (χ0) is 19.6. The number of esters is 1. The molecule has 0 saturated carbocycles. The zero-order valence-corrected chi connectivity index (χ0v) is 16.9. The van der Waals surface area contributed by atoms with Crippen molar-refractivity contribution in [3.05, 3.63) is 46.2 Å². The Balaban J connectivity index is 1.85. The molecule has 5 nitrogen and oxygen atoms in total. The van der Waals surface area contributed by atoms with Crippen molar-refractivity contribution in [1.29, 1.82) is 0 Å². The summed E-state index contributed by atoms with van der Waals surface area (Å²) in [6.45, 7) is 6.75. The number of rotatable bonds is 4. The van der Waals surface area contributed by atoms with Gasteiger partial charge in [0.15, 0.2) is 0 Å². The van der Waals surface area contributed by atoms with Gasteiger partial charge in [-0.2, -0.15) is 0 Å². The number of ether oxygens (including phenoxy) is 1. The molecule has 1 atom stereocenters. The smallest absolute Gasteiger partial charge is 0.341 e. The van der Waals surface area contributed by atoms with Crippen molar-refractivity contribution in [3.63, 3.8) is 0 Å². The molecule has 6 heteroatoms. The fourth-order valence-corrected chi connectivity index (χ4v) is 4.75. The van der Waals surface area contributed by atoms with Crippen LogP contribution in [0.3, 0.4) is 0 Å². The highest BCUT2D eigenvalue weighted by Crippen LogP contribution is 2.44. The number of fused-ring (bicyclic) bond motifs is 1. The Hall–Kier alpha value is -2.34. The van der Waals surface area contributed by atoms with Crippen LogP contribution >= 0.6 is 11.3 Å². The molecule has 0 radical (unpaired) electrons. The van der Waals surface area contributed by atoms with E-state index in [0.29, 0.717) is 22.2 Å². The molecule has 1 aliphatic rings. The topological polar surface area (TPSA) is 68.5 Å². The van der Waals surface area contributed by atoms with Gasteiger partial charge in [-0.05, 0) is 54.4 Å². The summed E-state index contributed by atoms with van der Waals surface area (Å²) in [7, 11) is 1.37. The fraction of sp³-hybridized carbons (Fsp3) is 0.429. The average Bonchev–Trinajstić information content (AvgIpc) is 3.25. The highest BCUT2D eigenvalue weighted by Gasteiger charge is 2.34. The van der Waals surface area contributed by atoms with E-state index >= 15 is 0 Å². The van der Waals surface area contributed by atoms with Gasteiger partial charge in [0.2, 0.25) is 5.91 Å². The standard InChI is InChI=1S/C21H25NO4S/c1-21(2,3)13-7-9-15-16(12-13)27-19(18(15)20(24)25-4)22-17(23)10-8-14-6-5-11-26-14/h5-6,8,10-11,13H,7,9,12H2,1-4H3,(H,22,23). The Morgan fingerprint density at radius 1 is 1.37 bits per heavy atom. The number of nitrogens with one attached hydrogen (secondary N) is 1. The molecule has 1 N–H and O–H groups in total. The monoisotopic (exact) mass is 387 g/mol.